The largest absolute Gasteiger partial charge is 0.394 e. The van der Waals surface area contributed by atoms with Gasteiger partial charge in [0.05, 0.1) is 25.4 Å². The summed E-state index contributed by atoms with van der Waals surface area (Å²) in [5.41, 5.74) is -1.86. The summed E-state index contributed by atoms with van der Waals surface area (Å²) in [7, 11) is 1.50. The highest BCUT2D eigenvalue weighted by Gasteiger charge is 2.56. The maximum Gasteiger partial charge on any atom is 0.184 e. The van der Waals surface area contributed by atoms with Gasteiger partial charge in [0, 0.05) is 0 Å². The minimum absolute atomic E-state index is 0.557. The Hall–Kier alpha value is -0.400. The van der Waals surface area contributed by atoms with Crippen LogP contribution in [0.1, 0.15) is 6.92 Å². The van der Waals surface area contributed by atoms with Crippen molar-refractivity contribution in [1.29, 1.82) is 0 Å². The van der Waals surface area contributed by atoms with Gasteiger partial charge in [0.15, 0.2) is 12.6 Å². The molecule has 0 aromatic carbocycles. The molecule has 0 aliphatic carbocycles. The molecule has 10 nitrogen and oxygen atoms in total. The Morgan fingerprint density at radius 1 is 1.13 bits per heavy atom. The first-order chi connectivity index (χ1) is 10.8. The molecule has 23 heavy (non-hydrogen) atoms. The van der Waals surface area contributed by atoms with E-state index in [0.717, 1.165) is 0 Å². The van der Waals surface area contributed by atoms with Gasteiger partial charge in [-0.15, -0.1) is 0 Å². The molecule has 0 spiro atoms. The molecule has 9 atom stereocenters. The third-order valence-corrected chi connectivity index (χ3v) is 4.55. The average Bonchev–Trinajstić information content (AvgIpc) is 2.74. The van der Waals surface area contributed by atoms with Crippen molar-refractivity contribution >= 4 is 0 Å². The van der Waals surface area contributed by atoms with E-state index in [1.165, 1.54) is 14.0 Å². The standard InChI is InChI=1S/C13H25NO9/c1-5-13(20,4-16)10(11(19)21-5)23-12-7(14-2)9(18)8(17)6(3-15)22-12/h5-12,14-20H,3-4H2,1-2H3/t5-,6-,7-,8-,9-,10-,11+,12-,13+/m0/s1. The summed E-state index contributed by atoms with van der Waals surface area (Å²) in [6.45, 7) is 0.190. The zero-order chi connectivity index (χ0) is 17.4. The van der Waals surface area contributed by atoms with E-state index in [0.29, 0.717) is 0 Å². The first-order valence-corrected chi connectivity index (χ1v) is 7.42. The summed E-state index contributed by atoms with van der Waals surface area (Å²) in [6.07, 6.45) is -8.70. The Bertz CT molecular complexity index is 400. The fourth-order valence-electron chi connectivity index (χ4n) is 2.93. The van der Waals surface area contributed by atoms with E-state index >= 15 is 0 Å². The molecule has 2 rings (SSSR count). The molecule has 2 fully saturated rings. The molecule has 0 radical (unpaired) electrons. The summed E-state index contributed by atoms with van der Waals surface area (Å²) in [5.74, 6) is 0. The highest BCUT2D eigenvalue weighted by atomic mass is 16.7. The second kappa shape index (κ2) is 7.23. The van der Waals surface area contributed by atoms with E-state index in [9.17, 15) is 30.6 Å². The molecule has 0 amide bonds. The highest BCUT2D eigenvalue weighted by molar-refractivity contribution is 5.01. The summed E-state index contributed by atoms with van der Waals surface area (Å²) in [4.78, 5) is 0. The minimum atomic E-state index is -1.86. The van der Waals surface area contributed by atoms with Crippen molar-refractivity contribution in [3.05, 3.63) is 0 Å². The lowest BCUT2D eigenvalue weighted by molar-refractivity contribution is -0.306. The minimum Gasteiger partial charge on any atom is -0.394 e. The van der Waals surface area contributed by atoms with Gasteiger partial charge in [-0.05, 0) is 14.0 Å². The van der Waals surface area contributed by atoms with Crippen molar-refractivity contribution in [2.24, 2.45) is 0 Å². The first-order valence-electron chi connectivity index (χ1n) is 7.42. The van der Waals surface area contributed by atoms with Crippen LogP contribution in [-0.4, -0.2) is 106 Å². The monoisotopic (exact) mass is 339 g/mol. The molecular weight excluding hydrogens is 314 g/mol. The van der Waals surface area contributed by atoms with Gasteiger partial charge in [0.2, 0.25) is 0 Å². The van der Waals surface area contributed by atoms with Crippen LogP contribution in [0.4, 0.5) is 0 Å². The van der Waals surface area contributed by atoms with Gasteiger partial charge >= 0.3 is 0 Å². The molecular formula is C13H25NO9. The number of ether oxygens (including phenoxy) is 3. The molecule has 0 unspecified atom stereocenters. The van der Waals surface area contributed by atoms with Crippen molar-refractivity contribution < 1.29 is 44.8 Å². The van der Waals surface area contributed by atoms with Crippen molar-refractivity contribution in [2.45, 2.75) is 61.7 Å². The zero-order valence-corrected chi connectivity index (χ0v) is 12.9. The number of hydrogen-bond donors (Lipinski definition) is 7. The molecule has 2 saturated heterocycles. The molecule has 2 aliphatic rings. The lowest BCUT2D eigenvalue weighted by Gasteiger charge is -2.44. The predicted octanol–water partition coefficient (Wildman–Crippen LogP) is -4.14. The van der Waals surface area contributed by atoms with Crippen LogP contribution in [0, 0.1) is 0 Å². The molecule has 7 N–H and O–H groups in total. The lowest BCUT2D eigenvalue weighted by Crippen LogP contribution is -2.65. The third kappa shape index (κ3) is 3.24. The van der Waals surface area contributed by atoms with E-state index in [1.54, 1.807) is 0 Å². The molecule has 0 saturated carbocycles. The molecule has 10 heteroatoms. The van der Waals surface area contributed by atoms with E-state index in [4.69, 9.17) is 14.2 Å². The van der Waals surface area contributed by atoms with E-state index in [2.05, 4.69) is 5.32 Å². The number of likely N-dealkylation sites (N-methyl/N-ethyl adjacent to an activating group) is 1. The number of aliphatic hydroxyl groups is 6. The van der Waals surface area contributed by atoms with Crippen LogP contribution in [0.2, 0.25) is 0 Å². The first kappa shape index (κ1) is 18.9. The molecule has 2 heterocycles. The van der Waals surface area contributed by atoms with Crippen LogP contribution in [0.15, 0.2) is 0 Å². The van der Waals surface area contributed by atoms with Crippen LogP contribution in [0.5, 0.6) is 0 Å². The van der Waals surface area contributed by atoms with Crippen molar-refractivity contribution in [3.8, 4) is 0 Å². The molecule has 2 aliphatic heterocycles. The summed E-state index contributed by atoms with van der Waals surface area (Å²) < 4.78 is 16.0. The van der Waals surface area contributed by atoms with Crippen LogP contribution in [-0.2, 0) is 14.2 Å². The van der Waals surface area contributed by atoms with Gasteiger partial charge < -0.3 is 50.2 Å². The SMILES string of the molecule is CN[C@@H]1[C@H](O[C@H]2[C@H](O)O[C@@H](C)[C@]2(O)CO)O[C@@H](CO)[C@H](O)[C@H]1O. The van der Waals surface area contributed by atoms with Gasteiger partial charge in [-0.3, -0.25) is 0 Å². The fourth-order valence-corrected chi connectivity index (χ4v) is 2.93. The van der Waals surface area contributed by atoms with Crippen LogP contribution >= 0.6 is 0 Å². The predicted molar refractivity (Wildman–Crippen MR) is 74.1 cm³/mol. The smallest absolute Gasteiger partial charge is 0.184 e. The van der Waals surface area contributed by atoms with Crippen LogP contribution < -0.4 is 5.32 Å². The Morgan fingerprint density at radius 3 is 2.30 bits per heavy atom. The summed E-state index contributed by atoms with van der Waals surface area (Å²) in [6, 6.07) is -0.890. The number of aliphatic hydroxyl groups excluding tert-OH is 5. The fraction of sp³-hybridized carbons (Fsp3) is 1.00. The zero-order valence-electron chi connectivity index (χ0n) is 12.9. The third-order valence-electron chi connectivity index (χ3n) is 4.55. The van der Waals surface area contributed by atoms with E-state index in [-0.39, 0.29) is 0 Å². The Morgan fingerprint density at radius 2 is 1.78 bits per heavy atom. The lowest BCUT2D eigenvalue weighted by atomic mass is 9.93. The normalized spacial score (nSPS) is 51.1. The van der Waals surface area contributed by atoms with Gasteiger partial charge in [0.25, 0.3) is 0 Å². The van der Waals surface area contributed by atoms with Crippen molar-refractivity contribution in [2.75, 3.05) is 20.3 Å². The van der Waals surface area contributed by atoms with Gasteiger partial charge in [-0.25, -0.2) is 0 Å². The van der Waals surface area contributed by atoms with Crippen LogP contribution in [0.25, 0.3) is 0 Å². The topological polar surface area (TPSA) is 161 Å². The number of hydrogen-bond acceptors (Lipinski definition) is 10. The van der Waals surface area contributed by atoms with Crippen molar-refractivity contribution in [3.63, 3.8) is 0 Å². The maximum atomic E-state index is 10.4. The summed E-state index contributed by atoms with van der Waals surface area (Å²) in [5, 5.41) is 61.7. The molecule has 0 bridgehead atoms. The van der Waals surface area contributed by atoms with E-state index < -0.39 is 68.0 Å². The Labute approximate surface area is 133 Å². The number of rotatable bonds is 5. The van der Waals surface area contributed by atoms with E-state index in [1.807, 2.05) is 0 Å². The number of nitrogens with one attached hydrogen (secondary N) is 1. The Balaban J connectivity index is 2.19. The van der Waals surface area contributed by atoms with Crippen molar-refractivity contribution in [1.82, 2.24) is 5.32 Å². The second-order valence-electron chi connectivity index (χ2n) is 5.90. The molecule has 136 valence electrons. The van der Waals surface area contributed by atoms with Gasteiger partial charge in [-0.1, -0.05) is 0 Å². The van der Waals surface area contributed by atoms with Crippen LogP contribution in [0.3, 0.4) is 0 Å². The Kier molecular flexibility index (Phi) is 5.95. The van der Waals surface area contributed by atoms with Gasteiger partial charge in [-0.2, -0.15) is 0 Å². The average molecular weight is 339 g/mol. The summed E-state index contributed by atoms with van der Waals surface area (Å²) >= 11 is 0. The molecule has 0 aromatic heterocycles. The second-order valence-corrected chi connectivity index (χ2v) is 5.90. The molecule has 0 aromatic rings. The highest BCUT2D eigenvalue weighted by Crippen LogP contribution is 2.34. The van der Waals surface area contributed by atoms with Gasteiger partial charge in [0.1, 0.15) is 30.0 Å². The quantitative estimate of drug-likeness (QED) is 0.262. The maximum absolute atomic E-state index is 10.4.